The number of nitrogens with zero attached hydrogens (tertiary/aromatic N) is 3. The molecule has 25 heavy (non-hydrogen) atoms. The Morgan fingerprint density at radius 3 is 2.32 bits per heavy atom. The number of aromatic nitrogens is 2. The summed E-state index contributed by atoms with van der Waals surface area (Å²) in [6.45, 7) is 2.07. The lowest BCUT2D eigenvalue weighted by Crippen LogP contribution is -2.20. The SMILES string of the molecule is c1ccc(Oc2ccc(Nc3ccnc(N4CCCC4)n3)cc2)cc1. The number of benzene rings is 2. The minimum Gasteiger partial charge on any atom is -0.457 e. The van der Waals surface area contributed by atoms with Gasteiger partial charge in [-0.15, -0.1) is 0 Å². The molecular weight excluding hydrogens is 312 g/mol. The molecular formula is C20H20N4O. The summed E-state index contributed by atoms with van der Waals surface area (Å²) in [6, 6.07) is 19.5. The van der Waals surface area contributed by atoms with Crippen LogP contribution in [0.25, 0.3) is 0 Å². The van der Waals surface area contributed by atoms with Crippen molar-refractivity contribution in [3.05, 3.63) is 66.9 Å². The molecule has 0 amide bonds. The molecule has 4 rings (SSSR count). The van der Waals surface area contributed by atoms with Gasteiger partial charge in [-0.2, -0.15) is 4.98 Å². The van der Waals surface area contributed by atoms with E-state index in [0.717, 1.165) is 42.0 Å². The maximum atomic E-state index is 5.81. The van der Waals surface area contributed by atoms with E-state index in [4.69, 9.17) is 4.74 Å². The summed E-state index contributed by atoms with van der Waals surface area (Å²) in [5.41, 5.74) is 0.964. The summed E-state index contributed by atoms with van der Waals surface area (Å²) in [4.78, 5) is 11.2. The molecule has 0 atom stereocenters. The van der Waals surface area contributed by atoms with Crippen molar-refractivity contribution < 1.29 is 4.74 Å². The van der Waals surface area contributed by atoms with Crippen LogP contribution in [0.5, 0.6) is 11.5 Å². The Labute approximate surface area is 147 Å². The molecule has 1 aliphatic heterocycles. The van der Waals surface area contributed by atoms with E-state index in [0.29, 0.717) is 0 Å². The van der Waals surface area contributed by atoms with Crippen molar-refractivity contribution in [2.75, 3.05) is 23.3 Å². The first-order valence-electron chi connectivity index (χ1n) is 8.55. The lowest BCUT2D eigenvalue weighted by atomic mass is 10.3. The molecule has 5 heteroatoms. The molecule has 1 N–H and O–H groups in total. The van der Waals surface area contributed by atoms with Gasteiger partial charge in [0.05, 0.1) is 0 Å². The fourth-order valence-electron chi connectivity index (χ4n) is 2.87. The average Bonchev–Trinajstić information content (AvgIpc) is 3.19. The lowest BCUT2D eigenvalue weighted by Gasteiger charge is -2.15. The topological polar surface area (TPSA) is 50.3 Å². The van der Waals surface area contributed by atoms with E-state index in [1.807, 2.05) is 60.7 Å². The highest BCUT2D eigenvalue weighted by Gasteiger charge is 2.14. The second-order valence-electron chi connectivity index (χ2n) is 6.00. The zero-order valence-electron chi connectivity index (χ0n) is 13.9. The van der Waals surface area contributed by atoms with Gasteiger partial charge >= 0.3 is 0 Å². The van der Waals surface area contributed by atoms with Crippen LogP contribution >= 0.6 is 0 Å². The first-order valence-corrected chi connectivity index (χ1v) is 8.55. The smallest absolute Gasteiger partial charge is 0.227 e. The normalized spacial score (nSPS) is 13.7. The third-order valence-corrected chi connectivity index (χ3v) is 4.14. The van der Waals surface area contributed by atoms with Crippen molar-refractivity contribution in [1.29, 1.82) is 0 Å². The second-order valence-corrected chi connectivity index (χ2v) is 6.00. The van der Waals surface area contributed by atoms with E-state index in [1.165, 1.54) is 12.8 Å². The Balaban J connectivity index is 1.43. The molecule has 2 heterocycles. The molecule has 3 aromatic rings. The number of nitrogens with one attached hydrogen (secondary N) is 1. The van der Waals surface area contributed by atoms with Crippen molar-refractivity contribution in [2.24, 2.45) is 0 Å². The third-order valence-electron chi connectivity index (χ3n) is 4.14. The lowest BCUT2D eigenvalue weighted by molar-refractivity contribution is 0.483. The van der Waals surface area contributed by atoms with Crippen LogP contribution < -0.4 is 15.0 Å². The van der Waals surface area contributed by atoms with Crippen LogP contribution in [0.1, 0.15) is 12.8 Å². The quantitative estimate of drug-likeness (QED) is 0.739. The molecule has 1 saturated heterocycles. The maximum absolute atomic E-state index is 5.81. The predicted molar refractivity (Wildman–Crippen MR) is 99.7 cm³/mol. The summed E-state index contributed by atoms with van der Waals surface area (Å²) in [6.07, 6.45) is 4.23. The number of rotatable bonds is 5. The van der Waals surface area contributed by atoms with Crippen LogP contribution in [0.3, 0.4) is 0 Å². The molecule has 0 unspecified atom stereocenters. The largest absolute Gasteiger partial charge is 0.457 e. The minimum atomic E-state index is 0.798. The van der Waals surface area contributed by atoms with Gasteiger partial charge in [-0.25, -0.2) is 4.98 Å². The Hall–Kier alpha value is -3.08. The van der Waals surface area contributed by atoms with Crippen LogP contribution in [-0.2, 0) is 0 Å². The zero-order valence-corrected chi connectivity index (χ0v) is 13.9. The van der Waals surface area contributed by atoms with Gasteiger partial charge in [-0.1, -0.05) is 18.2 Å². The number of hydrogen-bond donors (Lipinski definition) is 1. The fourth-order valence-corrected chi connectivity index (χ4v) is 2.87. The Morgan fingerprint density at radius 1 is 0.840 bits per heavy atom. The molecule has 1 aliphatic rings. The Morgan fingerprint density at radius 2 is 1.56 bits per heavy atom. The minimum absolute atomic E-state index is 0.798. The summed E-state index contributed by atoms with van der Waals surface area (Å²) < 4.78 is 5.81. The van der Waals surface area contributed by atoms with Crippen LogP contribution in [0.2, 0.25) is 0 Å². The van der Waals surface area contributed by atoms with Gasteiger partial charge in [0, 0.05) is 25.0 Å². The van der Waals surface area contributed by atoms with Crippen LogP contribution in [0, 0.1) is 0 Å². The first kappa shape index (κ1) is 15.4. The molecule has 1 fully saturated rings. The standard InChI is InChI=1S/C20H20N4O/c1-2-6-17(7-3-1)25-18-10-8-16(9-11-18)22-19-12-13-21-20(23-19)24-14-4-5-15-24/h1-3,6-13H,4-5,14-15H2,(H,21,22,23). The van der Waals surface area contributed by atoms with E-state index in [9.17, 15) is 0 Å². The van der Waals surface area contributed by atoms with Gasteiger partial charge in [0.25, 0.3) is 0 Å². The molecule has 0 radical (unpaired) electrons. The van der Waals surface area contributed by atoms with Crippen molar-refractivity contribution in [3.8, 4) is 11.5 Å². The summed E-state index contributed by atoms with van der Waals surface area (Å²) in [5.74, 6) is 3.23. The van der Waals surface area contributed by atoms with Gasteiger partial charge in [-0.3, -0.25) is 0 Å². The van der Waals surface area contributed by atoms with Gasteiger partial charge in [0.2, 0.25) is 5.95 Å². The van der Waals surface area contributed by atoms with E-state index in [-0.39, 0.29) is 0 Å². The van der Waals surface area contributed by atoms with E-state index < -0.39 is 0 Å². The first-order chi connectivity index (χ1) is 12.4. The molecule has 0 spiro atoms. The van der Waals surface area contributed by atoms with Gasteiger partial charge in [0.1, 0.15) is 17.3 Å². The van der Waals surface area contributed by atoms with Crippen molar-refractivity contribution in [3.63, 3.8) is 0 Å². The highest BCUT2D eigenvalue weighted by molar-refractivity contribution is 5.58. The molecule has 2 aromatic carbocycles. The average molecular weight is 332 g/mol. The summed E-state index contributed by atoms with van der Waals surface area (Å²) >= 11 is 0. The predicted octanol–water partition coefficient (Wildman–Crippen LogP) is 4.61. The van der Waals surface area contributed by atoms with Crippen molar-refractivity contribution >= 4 is 17.5 Å². The number of anilines is 3. The third kappa shape index (κ3) is 3.88. The number of hydrogen-bond acceptors (Lipinski definition) is 5. The van der Waals surface area contributed by atoms with Gasteiger partial charge in [0.15, 0.2) is 0 Å². The Bertz CT molecular complexity index is 815. The fraction of sp³-hybridized carbons (Fsp3) is 0.200. The molecule has 0 aliphatic carbocycles. The molecule has 126 valence electrons. The maximum Gasteiger partial charge on any atom is 0.227 e. The molecule has 1 aromatic heterocycles. The number of ether oxygens (including phenoxy) is 1. The second kappa shape index (κ2) is 7.21. The highest BCUT2D eigenvalue weighted by atomic mass is 16.5. The molecule has 0 bridgehead atoms. The number of para-hydroxylation sites is 1. The summed E-state index contributed by atoms with van der Waals surface area (Å²) in [7, 11) is 0. The molecule has 5 nitrogen and oxygen atoms in total. The van der Waals surface area contributed by atoms with Crippen LogP contribution in [-0.4, -0.2) is 23.1 Å². The monoisotopic (exact) mass is 332 g/mol. The van der Waals surface area contributed by atoms with Crippen molar-refractivity contribution in [2.45, 2.75) is 12.8 Å². The summed E-state index contributed by atoms with van der Waals surface area (Å²) in [5, 5.41) is 3.33. The Kier molecular flexibility index (Phi) is 4.46. The zero-order chi connectivity index (χ0) is 16.9. The van der Waals surface area contributed by atoms with Gasteiger partial charge in [-0.05, 0) is 55.3 Å². The van der Waals surface area contributed by atoms with E-state index >= 15 is 0 Å². The van der Waals surface area contributed by atoms with E-state index in [2.05, 4.69) is 20.2 Å². The van der Waals surface area contributed by atoms with Crippen molar-refractivity contribution in [1.82, 2.24) is 9.97 Å². The van der Waals surface area contributed by atoms with Gasteiger partial charge < -0.3 is 15.0 Å². The van der Waals surface area contributed by atoms with Crippen LogP contribution in [0.15, 0.2) is 66.9 Å². The molecule has 0 saturated carbocycles. The van der Waals surface area contributed by atoms with E-state index in [1.54, 1.807) is 6.20 Å². The highest BCUT2D eigenvalue weighted by Crippen LogP contribution is 2.24. The van der Waals surface area contributed by atoms with Crippen LogP contribution in [0.4, 0.5) is 17.5 Å².